The van der Waals surface area contributed by atoms with E-state index < -0.39 is 8.32 Å². The fourth-order valence-electron chi connectivity index (χ4n) is 5.41. The van der Waals surface area contributed by atoms with Gasteiger partial charge in [0.2, 0.25) is 0 Å². The van der Waals surface area contributed by atoms with Crippen LogP contribution in [0.5, 0.6) is 0 Å². The molecule has 0 spiro atoms. The summed E-state index contributed by atoms with van der Waals surface area (Å²) in [5.74, 6) is 0. The number of hydrogen-bond donors (Lipinski definition) is 1. The Labute approximate surface area is 255 Å². The van der Waals surface area contributed by atoms with Crippen molar-refractivity contribution in [3.63, 3.8) is 0 Å². The Morgan fingerprint density at radius 2 is 1.15 bits per heavy atom. The van der Waals surface area contributed by atoms with Crippen LogP contribution >= 0.6 is 0 Å². The molecule has 0 unspecified atom stereocenters. The Hall–Kier alpha value is -1.46. The Balaban J connectivity index is 2.02. The molecule has 1 N–H and O–H groups in total. The van der Waals surface area contributed by atoms with E-state index in [4.69, 9.17) is 4.43 Å². The maximum Gasteiger partial charge on any atom is 0.191 e. The summed E-state index contributed by atoms with van der Waals surface area (Å²) in [7, 11) is -1.78. The first-order chi connectivity index (χ1) is 19.6. The van der Waals surface area contributed by atoms with Gasteiger partial charge in [0, 0.05) is 25.7 Å². The van der Waals surface area contributed by atoms with Crippen molar-refractivity contribution in [3.8, 4) is 0 Å². The summed E-state index contributed by atoms with van der Waals surface area (Å²) in [6, 6.07) is 21.6. The highest BCUT2D eigenvalue weighted by atomic mass is 28.4. The van der Waals surface area contributed by atoms with Gasteiger partial charge in [-0.25, -0.2) is 0 Å². The van der Waals surface area contributed by atoms with E-state index in [1.165, 1.54) is 68.9 Å². The van der Waals surface area contributed by atoms with E-state index in [-0.39, 0.29) is 17.2 Å². The molecular formula is C37H63NO2Si. The van der Waals surface area contributed by atoms with E-state index in [0.29, 0.717) is 0 Å². The number of aliphatic hydroxyl groups is 1. The van der Waals surface area contributed by atoms with E-state index in [9.17, 15) is 5.11 Å². The first-order valence-corrected chi connectivity index (χ1v) is 19.7. The summed E-state index contributed by atoms with van der Waals surface area (Å²) in [5.41, 5.74) is 2.61. The highest BCUT2D eigenvalue weighted by Crippen LogP contribution is 2.36. The molecule has 41 heavy (non-hydrogen) atoms. The lowest BCUT2D eigenvalue weighted by Gasteiger charge is -2.37. The normalized spacial score (nSPS) is 14.0. The van der Waals surface area contributed by atoms with Crippen molar-refractivity contribution in [1.29, 1.82) is 0 Å². The monoisotopic (exact) mass is 581 g/mol. The molecule has 2 aromatic rings. The molecule has 2 rings (SSSR count). The summed E-state index contributed by atoms with van der Waals surface area (Å²) < 4.78 is 6.55. The van der Waals surface area contributed by atoms with Gasteiger partial charge in [-0.15, -0.1) is 0 Å². The number of benzene rings is 2. The van der Waals surface area contributed by atoms with Crippen LogP contribution in [0.2, 0.25) is 18.1 Å². The molecule has 3 nitrogen and oxygen atoms in total. The highest BCUT2D eigenvalue weighted by molar-refractivity contribution is 6.74. The predicted octanol–water partition coefficient (Wildman–Crippen LogP) is 10.5. The van der Waals surface area contributed by atoms with Crippen LogP contribution in [0, 0.1) is 0 Å². The molecule has 0 amide bonds. The third kappa shape index (κ3) is 14.5. The van der Waals surface area contributed by atoms with Crippen LogP contribution in [0.4, 0.5) is 0 Å². The van der Waals surface area contributed by atoms with Gasteiger partial charge in [-0.3, -0.25) is 4.90 Å². The van der Waals surface area contributed by atoms with Gasteiger partial charge in [0.15, 0.2) is 8.32 Å². The lowest BCUT2D eigenvalue weighted by atomic mass is 9.96. The predicted molar refractivity (Wildman–Crippen MR) is 181 cm³/mol. The number of aliphatic hydroxyl groups excluding tert-OH is 1. The molecule has 232 valence electrons. The number of rotatable bonds is 22. The van der Waals surface area contributed by atoms with Gasteiger partial charge in [-0.1, -0.05) is 153 Å². The Morgan fingerprint density at radius 1 is 0.683 bits per heavy atom. The van der Waals surface area contributed by atoms with Gasteiger partial charge in [0.25, 0.3) is 0 Å². The first kappa shape index (κ1) is 35.7. The van der Waals surface area contributed by atoms with Crippen LogP contribution in [0.25, 0.3) is 0 Å². The molecule has 0 saturated heterocycles. The Kier molecular flexibility index (Phi) is 17.1. The zero-order valence-corrected chi connectivity index (χ0v) is 28.5. The van der Waals surface area contributed by atoms with Gasteiger partial charge in [0.1, 0.15) is 0 Å². The lowest BCUT2D eigenvalue weighted by Crippen LogP contribution is -2.44. The SMILES string of the molecule is CCCCCCCCCCCC[C@@H](O)[C@H](CCCO[Si](C)(C)C(C)(C)C)N(Cc1ccccc1)Cc1ccccc1. The van der Waals surface area contributed by atoms with Crippen molar-refractivity contribution >= 4 is 8.32 Å². The topological polar surface area (TPSA) is 32.7 Å². The zero-order chi connectivity index (χ0) is 30.0. The fourth-order valence-corrected chi connectivity index (χ4v) is 6.50. The lowest BCUT2D eigenvalue weighted by molar-refractivity contribution is 0.0249. The van der Waals surface area contributed by atoms with Crippen molar-refractivity contribution < 1.29 is 9.53 Å². The van der Waals surface area contributed by atoms with Crippen molar-refractivity contribution in [2.24, 2.45) is 0 Å². The molecule has 0 saturated carbocycles. The summed E-state index contributed by atoms with van der Waals surface area (Å²) in [4.78, 5) is 2.53. The molecule has 0 heterocycles. The zero-order valence-electron chi connectivity index (χ0n) is 27.5. The van der Waals surface area contributed by atoms with E-state index in [1.54, 1.807) is 0 Å². The van der Waals surface area contributed by atoms with Crippen molar-refractivity contribution in [3.05, 3.63) is 71.8 Å². The molecule has 0 aliphatic heterocycles. The quantitative estimate of drug-likeness (QED) is 0.111. The van der Waals surface area contributed by atoms with Gasteiger partial charge < -0.3 is 9.53 Å². The standard InChI is InChI=1S/C37H63NO2Si/c1-7-8-9-10-11-12-13-14-15-22-29-36(39)35(28-23-30-40-41(5,6)37(2,3)4)38(31-33-24-18-16-19-25-33)32-34-26-20-17-21-27-34/h16-21,24-27,35-36,39H,7-15,22-23,28-32H2,1-6H3/t35-,36+/m0/s1. The third-order valence-electron chi connectivity index (χ3n) is 9.14. The average Bonchev–Trinajstić information content (AvgIpc) is 2.94. The maximum absolute atomic E-state index is 11.7. The van der Waals surface area contributed by atoms with Crippen LogP contribution in [-0.2, 0) is 17.5 Å². The summed E-state index contributed by atoms with van der Waals surface area (Å²) >= 11 is 0. The maximum atomic E-state index is 11.7. The number of hydrogen-bond acceptors (Lipinski definition) is 3. The van der Waals surface area contributed by atoms with Crippen molar-refractivity contribution in [2.45, 2.75) is 155 Å². The van der Waals surface area contributed by atoms with Crippen molar-refractivity contribution in [1.82, 2.24) is 4.90 Å². The minimum absolute atomic E-state index is 0.108. The summed E-state index contributed by atoms with van der Waals surface area (Å²) in [6.45, 7) is 16.3. The molecular weight excluding hydrogens is 518 g/mol. The van der Waals surface area contributed by atoms with E-state index in [1.807, 2.05) is 0 Å². The summed E-state index contributed by atoms with van der Waals surface area (Å²) in [5, 5.41) is 11.9. The average molecular weight is 582 g/mol. The van der Waals surface area contributed by atoms with Crippen LogP contribution in [0.15, 0.2) is 60.7 Å². The molecule has 4 heteroatoms. The largest absolute Gasteiger partial charge is 0.417 e. The van der Waals surface area contributed by atoms with Crippen LogP contribution < -0.4 is 0 Å². The minimum Gasteiger partial charge on any atom is -0.417 e. The minimum atomic E-state index is -1.78. The Bertz CT molecular complexity index is 855. The molecule has 0 aliphatic carbocycles. The van der Waals surface area contributed by atoms with Crippen molar-refractivity contribution in [2.75, 3.05) is 6.61 Å². The van der Waals surface area contributed by atoms with E-state index in [2.05, 4.69) is 106 Å². The van der Waals surface area contributed by atoms with Crippen LogP contribution in [0.3, 0.4) is 0 Å². The smallest absolute Gasteiger partial charge is 0.191 e. The van der Waals surface area contributed by atoms with Crippen LogP contribution in [0.1, 0.15) is 122 Å². The molecule has 2 atom stereocenters. The van der Waals surface area contributed by atoms with Gasteiger partial charge >= 0.3 is 0 Å². The molecule has 0 bridgehead atoms. The van der Waals surface area contributed by atoms with Crippen LogP contribution in [-0.4, -0.2) is 37.1 Å². The Morgan fingerprint density at radius 3 is 1.61 bits per heavy atom. The van der Waals surface area contributed by atoms with Gasteiger partial charge in [-0.05, 0) is 48.5 Å². The molecule has 0 aliphatic rings. The number of unbranched alkanes of at least 4 members (excludes halogenated alkanes) is 9. The molecule has 0 aromatic heterocycles. The molecule has 0 radical (unpaired) electrons. The first-order valence-electron chi connectivity index (χ1n) is 16.8. The third-order valence-corrected chi connectivity index (χ3v) is 13.7. The highest BCUT2D eigenvalue weighted by Gasteiger charge is 2.37. The van der Waals surface area contributed by atoms with Gasteiger partial charge in [-0.2, -0.15) is 0 Å². The second-order valence-corrected chi connectivity index (χ2v) is 18.5. The number of nitrogens with zero attached hydrogens (tertiary/aromatic N) is 1. The second-order valence-electron chi connectivity index (χ2n) is 13.7. The summed E-state index contributed by atoms with van der Waals surface area (Å²) in [6.07, 6.45) is 15.7. The van der Waals surface area contributed by atoms with E-state index >= 15 is 0 Å². The van der Waals surface area contributed by atoms with Gasteiger partial charge in [0.05, 0.1) is 6.10 Å². The second kappa shape index (κ2) is 19.7. The van der Waals surface area contributed by atoms with E-state index in [0.717, 1.165) is 45.4 Å². The molecule has 2 aromatic carbocycles. The fraction of sp³-hybridized carbons (Fsp3) is 0.676. The molecule has 0 fully saturated rings.